The van der Waals surface area contributed by atoms with Gasteiger partial charge in [-0.2, -0.15) is 13.2 Å². The fourth-order valence-electron chi connectivity index (χ4n) is 1.84. The third-order valence-electron chi connectivity index (χ3n) is 2.48. The topological polar surface area (TPSA) is 30.0 Å². The van der Waals surface area contributed by atoms with Crippen molar-refractivity contribution in [2.75, 3.05) is 0 Å². The zero-order valence-electron chi connectivity index (χ0n) is 8.81. The van der Waals surface area contributed by atoms with Crippen LogP contribution >= 0.6 is 11.3 Å². The first-order valence-electron chi connectivity index (χ1n) is 4.79. The lowest BCUT2D eigenvalue weighted by Gasteiger charge is -2.26. The van der Waals surface area contributed by atoms with Crippen LogP contribution in [0, 0.1) is 5.41 Å². The van der Waals surface area contributed by atoms with Crippen LogP contribution in [-0.2, 0) is 12.6 Å². The molecule has 1 aromatic heterocycles. The maximum Gasteiger partial charge on any atom is 0.443 e. The highest BCUT2D eigenvalue weighted by Gasteiger charge is 2.40. The van der Waals surface area contributed by atoms with Gasteiger partial charge in [-0.1, -0.05) is 13.8 Å². The quantitative estimate of drug-likeness (QED) is 0.706. The van der Waals surface area contributed by atoms with E-state index in [1.807, 2.05) is 13.8 Å². The molecule has 0 radical (unpaired) electrons. The van der Waals surface area contributed by atoms with E-state index in [1.54, 1.807) is 0 Å². The molecule has 0 aliphatic heterocycles. The molecule has 0 spiro atoms. The van der Waals surface area contributed by atoms with Crippen LogP contribution < -0.4 is 0 Å². The van der Waals surface area contributed by atoms with Crippen LogP contribution in [-0.4, -0.2) is 10.8 Å². The van der Waals surface area contributed by atoms with E-state index in [-0.39, 0.29) is 16.1 Å². The van der Waals surface area contributed by atoms with Gasteiger partial charge in [-0.25, -0.2) is 4.98 Å². The van der Waals surface area contributed by atoms with Crippen molar-refractivity contribution in [3.05, 3.63) is 15.6 Å². The summed E-state index contributed by atoms with van der Waals surface area (Å²) in [5.74, 6) is -0.223. The first-order valence-corrected chi connectivity index (χ1v) is 5.61. The highest BCUT2D eigenvalue weighted by atomic mass is 32.1. The monoisotopic (exact) mass is 249 g/mol. The zero-order valence-corrected chi connectivity index (χ0v) is 9.63. The Morgan fingerprint density at radius 3 is 2.50 bits per heavy atom. The van der Waals surface area contributed by atoms with Crippen molar-refractivity contribution < 1.29 is 18.0 Å². The molecule has 0 fully saturated rings. The van der Waals surface area contributed by atoms with E-state index < -0.39 is 11.2 Å². The molecule has 1 aromatic rings. The summed E-state index contributed by atoms with van der Waals surface area (Å²) >= 11 is 0.465. The molecule has 0 amide bonds. The van der Waals surface area contributed by atoms with Gasteiger partial charge in [0, 0.05) is 6.42 Å². The number of hydrogen-bond donors (Lipinski definition) is 0. The van der Waals surface area contributed by atoms with Gasteiger partial charge < -0.3 is 0 Å². The summed E-state index contributed by atoms with van der Waals surface area (Å²) in [7, 11) is 0. The molecule has 0 unspecified atom stereocenters. The van der Waals surface area contributed by atoms with Gasteiger partial charge in [0.25, 0.3) is 0 Å². The van der Waals surface area contributed by atoms with Crippen molar-refractivity contribution in [1.82, 2.24) is 4.98 Å². The molecular weight excluding hydrogens is 239 g/mol. The second-order valence-corrected chi connectivity index (χ2v) is 5.73. The average Bonchev–Trinajstić information content (AvgIpc) is 2.44. The predicted molar refractivity (Wildman–Crippen MR) is 53.5 cm³/mol. The number of Topliss-reactive ketones (excluding diaryl/α,β-unsaturated/α-hetero) is 1. The number of carbonyl (C=O) groups is 1. The molecule has 16 heavy (non-hydrogen) atoms. The van der Waals surface area contributed by atoms with Crippen LogP contribution in [0.1, 0.15) is 40.6 Å². The van der Waals surface area contributed by atoms with Crippen molar-refractivity contribution in [2.24, 2.45) is 5.41 Å². The Kier molecular flexibility index (Phi) is 2.38. The zero-order chi connectivity index (χ0) is 12.1. The highest BCUT2D eigenvalue weighted by molar-refractivity contribution is 7.14. The lowest BCUT2D eigenvalue weighted by Crippen LogP contribution is -2.26. The molecule has 0 bridgehead atoms. The Labute approximate surface area is 94.5 Å². The van der Waals surface area contributed by atoms with Crippen molar-refractivity contribution in [3.8, 4) is 0 Å². The number of aromatic nitrogens is 1. The third kappa shape index (κ3) is 1.98. The Hall–Kier alpha value is -0.910. The molecule has 1 aliphatic carbocycles. The Morgan fingerprint density at radius 1 is 1.31 bits per heavy atom. The summed E-state index contributed by atoms with van der Waals surface area (Å²) in [6, 6.07) is 0. The largest absolute Gasteiger partial charge is 0.443 e. The maximum absolute atomic E-state index is 12.4. The fraction of sp³-hybridized carbons (Fsp3) is 0.600. The van der Waals surface area contributed by atoms with E-state index >= 15 is 0 Å². The summed E-state index contributed by atoms with van der Waals surface area (Å²) < 4.78 is 37.3. The molecule has 88 valence electrons. The molecule has 0 saturated heterocycles. The average molecular weight is 249 g/mol. The van der Waals surface area contributed by atoms with Crippen LogP contribution in [0.3, 0.4) is 0 Å². The van der Waals surface area contributed by atoms with Gasteiger partial charge in [-0.05, 0) is 11.8 Å². The maximum atomic E-state index is 12.4. The second-order valence-electron chi connectivity index (χ2n) is 4.73. The predicted octanol–water partition coefficient (Wildman–Crippen LogP) is 3.32. The molecule has 0 aromatic carbocycles. The molecule has 2 rings (SSSR count). The molecule has 2 nitrogen and oxygen atoms in total. The third-order valence-corrected chi connectivity index (χ3v) is 3.66. The highest BCUT2D eigenvalue weighted by Crippen LogP contribution is 2.41. The van der Waals surface area contributed by atoms with Gasteiger partial charge in [-0.3, -0.25) is 4.79 Å². The number of ketones is 1. The second kappa shape index (κ2) is 3.29. The molecule has 1 heterocycles. The van der Waals surface area contributed by atoms with E-state index in [9.17, 15) is 18.0 Å². The summed E-state index contributed by atoms with van der Waals surface area (Å²) in [4.78, 5) is 15.4. The molecule has 1 aliphatic rings. The molecule has 0 saturated carbocycles. The molecule has 0 atom stereocenters. The van der Waals surface area contributed by atoms with Gasteiger partial charge in [-0.15, -0.1) is 11.3 Å². The first-order chi connectivity index (χ1) is 7.19. The molecular formula is C10H10F3NOS. The molecule has 6 heteroatoms. The normalized spacial score (nSPS) is 19.7. The number of carbonyl (C=O) groups excluding carboxylic acids is 1. The lowest BCUT2D eigenvalue weighted by molar-refractivity contribution is -0.137. The minimum Gasteiger partial charge on any atom is -0.293 e. The number of thiazole rings is 1. The van der Waals surface area contributed by atoms with Gasteiger partial charge >= 0.3 is 6.18 Å². The Morgan fingerprint density at radius 2 is 1.94 bits per heavy atom. The van der Waals surface area contributed by atoms with E-state index in [4.69, 9.17) is 0 Å². The molecule has 0 N–H and O–H groups in total. The van der Waals surface area contributed by atoms with Gasteiger partial charge in [0.2, 0.25) is 0 Å². The van der Waals surface area contributed by atoms with Gasteiger partial charge in [0.15, 0.2) is 10.8 Å². The minimum absolute atomic E-state index is 0.187. The van der Waals surface area contributed by atoms with Crippen molar-refractivity contribution in [2.45, 2.75) is 32.9 Å². The first kappa shape index (κ1) is 11.6. The Balaban J connectivity index is 2.46. The van der Waals surface area contributed by atoms with Crippen LogP contribution in [0.5, 0.6) is 0 Å². The summed E-state index contributed by atoms with van der Waals surface area (Å²) in [6.45, 7) is 3.72. The van der Waals surface area contributed by atoms with E-state index in [1.165, 1.54) is 0 Å². The summed E-state index contributed by atoms with van der Waals surface area (Å²) in [5, 5.41) is -0.913. The standard InChI is InChI=1S/C10H10F3NOS/c1-9(2)3-5-7(6(15)4-9)16-8(14-5)10(11,12)13/h3-4H2,1-2H3. The van der Waals surface area contributed by atoms with Crippen LogP contribution in [0.15, 0.2) is 0 Å². The van der Waals surface area contributed by atoms with E-state index in [0.29, 0.717) is 29.9 Å². The van der Waals surface area contributed by atoms with Crippen LogP contribution in [0.4, 0.5) is 13.2 Å². The minimum atomic E-state index is -4.45. The van der Waals surface area contributed by atoms with Gasteiger partial charge in [0.05, 0.1) is 10.6 Å². The summed E-state index contributed by atoms with van der Waals surface area (Å²) in [5.41, 5.74) is 0.0136. The Bertz CT molecular complexity index is 447. The number of hydrogen-bond acceptors (Lipinski definition) is 3. The van der Waals surface area contributed by atoms with E-state index in [2.05, 4.69) is 4.98 Å². The van der Waals surface area contributed by atoms with Crippen LogP contribution in [0.25, 0.3) is 0 Å². The number of alkyl halides is 3. The summed E-state index contributed by atoms with van der Waals surface area (Å²) in [6.07, 6.45) is -3.73. The number of fused-ring (bicyclic) bond motifs is 1. The smallest absolute Gasteiger partial charge is 0.293 e. The lowest BCUT2D eigenvalue weighted by atomic mass is 9.78. The SMILES string of the molecule is CC1(C)CC(=O)c2sc(C(F)(F)F)nc2C1. The van der Waals surface area contributed by atoms with Crippen LogP contribution in [0.2, 0.25) is 0 Å². The van der Waals surface area contributed by atoms with Crippen molar-refractivity contribution >= 4 is 17.1 Å². The van der Waals surface area contributed by atoms with Crippen molar-refractivity contribution in [1.29, 1.82) is 0 Å². The van der Waals surface area contributed by atoms with Crippen molar-refractivity contribution in [3.63, 3.8) is 0 Å². The number of nitrogens with zero attached hydrogens (tertiary/aromatic N) is 1. The number of halogens is 3. The number of rotatable bonds is 0. The van der Waals surface area contributed by atoms with Gasteiger partial charge in [0.1, 0.15) is 0 Å². The fourth-order valence-corrected chi connectivity index (χ4v) is 2.73. The van der Waals surface area contributed by atoms with E-state index in [0.717, 1.165) is 0 Å².